The molecule has 0 aromatic carbocycles. The van der Waals surface area contributed by atoms with Gasteiger partial charge in [-0.05, 0) is 72.8 Å². The first kappa shape index (κ1) is 61.7. The van der Waals surface area contributed by atoms with E-state index in [1.807, 2.05) is 29.4 Å². The number of carbonyl (C=O) groups is 6. The number of amides is 6. The molecule has 0 atom stereocenters. The van der Waals surface area contributed by atoms with Crippen LogP contribution in [0.4, 0.5) is 0 Å². The van der Waals surface area contributed by atoms with Gasteiger partial charge in [-0.3, -0.25) is 58.7 Å². The number of rotatable bonds is 9. The largest absolute Gasteiger partial charge is 0.336 e. The van der Waals surface area contributed by atoms with Gasteiger partial charge in [0, 0.05) is 247 Å². The fourth-order valence-electron chi connectivity index (χ4n) is 10.5. The fourth-order valence-corrected chi connectivity index (χ4v) is 10.5. The SMILES string of the molecule is O=C(c1ccnc(-c2cc(C(=O)N3CCNCC3)ccn2)c1)N1CCNCC1.O=C(c1ccnc(-c2cc(C(=O)N3CCNCC3)ccn2)c1)N1CCNCC1.O=C(c1ccnc(-c2cc(C(=O)N3CCNCC3)ccn2)c1)N1CCNCC1.[Os]. The molecular formula is C60H72N18O6Os. The minimum absolute atomic E-state index is 0. The van der Waals surface area contributed by atoms with Crippen LogP contribution in [0.1, 0.15) is 62.1 Å². The van der Waals surface area contributed by atoms with Crippen molar-refractivity contribution < 1.29 is 48.6 Å². The molecule has 25 heteroatoms. The van der Waals surface area contributed by atoms with Gasteiger partial charge in [0.25, 0.3) is 35.4 Å². The maximum absolute atomic E-state index is 12.7. The molecule has 0 aliphatic carbocycles. The summed E-state index contributed by atoms with van der Waals surface area (Å²) in [5.41, 5.74) is 7.10. The van der Waals surface area contributed by atoms with E-state index in [1.54, 1.807) is 110 Å². The summed E-state index contributed by atoms with van der Waals surface area (Å²) >= 11 is 0. The average molecular weight is 1330 g/mol. The van der Waals surface area contributed by atoms with Crippen molar-refractivity contribution in [1.82, 2.24) is 91.2 Å². The molecule has 6 amide bonds. The summed E-state index contributed by atoms with van der Waals surface area (Å²) in [5, 5.41) is 19.5. The van der Waals surface area contributed by atoms with Crippen LogP contribution >= 0.6 is 0 Å². The molecule has 6 aliphatic heterocycles. The third kappa shape index (κ3) is 16.3. The van der Waals surface area contributed by atoms with Gasteiger partial charge in [-0.2, -0.15) is 0 Å². The van der Waals surface area contributed by atoms with Crippen molar-refractivity contribution in [3.8, 4) is 34.2 Å². The van der Waals surface area contributed by atoms with E-state index in [0.717, 1.165) is 78.5 Å². The van der Waals surface area contributed by atoms with Gasteiger partial charge >= 0.3 is 0 Å². The van der Waals surface area contributed by atoms with Crippen molar-refractivity contribution in [3.05, 3.63) is 143 Å². The number of hydrogen-bond acceptors (Lipinski definition) is 18. The predicted octanol–water partition coefficient (Wildman–Crippen LogP) is 0.701. The van der Waals surface area contributed by atoms with Gasteiger partial charge in [0.2, 0.25) is 0 Å². The van der Waals surface area contributed by atoms with E-state index in [0.29, 0.717) is 146 Å². The monoisotopic (exact) mass is 1330 g/mol. The molecule has 0 spiro atoms. The zero-order valence-corrected chi connectivity index (χ0v) is 50.1. The summed E-state index contributed by atoms with van der Waals surface area (Å²) in [6.45, 7) is 18.1. The van der Waals surface area contributed by atoms with Crippen molar-refractivity contribution in [3.63, 3.8) is 0 Å². The van der Waals surface area contributed by atoms with E-state index in [4.69, 9.17) is 0 Å². The molecule has 6 aromatic rings. The molecule has 6 aromatic heterocycles. The molecular weight excluding hydrogens is 1260 g/mol. The quantitative estimate of drug-likeness (QED) is 0.116. The Morgan fingerprint density at radius 2 is 0.376 bits per heavy atom. The van der Waals surface area contributed by atoms with Crippen LogP contribution in [-0.4, -0.2) is 252 Å². The zero-order valence-electron chi connectivity index (χ0n) is 47.5. The first-order valence-electron chi connectivity index (χ1n) is 28.9. The van der Waals surface area contributed by atoms with Crippen LogP contribution in [0.25, 0.3) is 34.2 Å². The van der Waals surface area contributed by atoms with E-state index < -0.39 is 0 Å². The minimum atomic E-state index is -0.00167. The Morgan fingerprint density at radius 1 is 0.247 bits per heavy atom. The van der Waals surface area contributed by atoms with Crippen molar-refractivity contribution in [2.45, 2.75) is 0 Å². The van der Waals surface area contributed by atoms with Gasteiger partial charge in [-0.15, -0.1) is 0 Å². The van der Waals surface area contributed by atoms with Crippen LogP contribution in [0, 0.1) is 0 Å². The van der Waals surface area contributed by atoms with Crippen LogP contribution in [0.15, 0.2) is 110 Å². The Kier molecular flexibility index (Phi) is 22.3. The second-order valence-electron chi connectivity index (χ2n) is 20.8. The van der Waals surface area contributed by atoms with Crippen LogP contribution in [0.5, 0.6) is 0 Å². The summed E-state index contributed by atoms with van der Waals surface area (Å²) in [6, 6.07) is 20.9. The Hall–Kier alpha value is -7.88. The van der Waals surface area contributed by atoms with E-state index in [-0.39, 0.29) is 55.2 Å². The molecule has 446 valence electrons. The Morgan fingerprint density at radius 3 is 0.506 bits per heavy atom. The molecule has 0 unspecified atom stereocenters. The molecule has 85 heavy (non-hydrogen) atoms. The van der Waals surface area contributed by atoms with Gasteiger partial charge in [-0.25, -0.2) is 0 Å². The van der Waals surface area contributed by atoms with Gasteiger partial charge in [0.05, 0.1) is 34.2 Å². The number of pyridine rings is 6. The first-order chi connectivity index (χ1) is 41.2. The minimum Gasteiger partial charge on any atom is -0.336 e. The summed E-state index contributed by atoms with van der Waals surface area (Å²) in [4.78, 5) is 114. The zero-order chi connectivity index (χ0) is 58.0. The predicted molar refractivity (Wildman–Crippen MR) is 315 cm³/mol. The number of carbonyl (C=O) groups excluding carboxylic acids is 6. The molecule has 12 heterocycles. The first-order valence-corrected chi connectivity index (χ1v) is 28.9. The van der Waals surface area contributed by atoms with Gasteiger partial charge in [-0.1, -0.05) is 0 Å². The number of piperazine rings is 6. The molecule has 0 radical (unpaired) electrons. The molecule has 6 fully saturated rings. The van der Waals surface area contributed by atoms with E-state index in [2.05, 4.69) is 61.8 Å². The third-order valence-corrected chi connectivity index (χ3v) is 15.3. The molecule has 0 bridgehead atoms. The van der Waals surface area contributed by atoms with Crippen LogP contribution in [-0.2, 0) is 19.8 Å². The number of hydrogen-bond donors (Lipinski definition) is 6. The van der Waals surface area contributed by atoms with Gasteiger partial charge in [0.15, 0.2) is 0 Å². The Labute approximate surface area is 507 Å². The Bertz CT molecular complexity index is 2710. The van der Waals surface area contributed by atoms with Crippen molar-refractivity contribution in [2.24, 2.45) is 0 Å². The topological polar surface area (TPSA) is 271 Å². The second kappa shape index (κ2) is 30.8. The maximum atomic E-state index is 12.7. The second-order valence-corrected chi connectivity index (χ2v) is 20.8. The summed E-state index contributed by atoms with van der Waals surface area (Å²) in [7, 11) is 0. The number of aromatic nitrogens is 6. The number of nitrogens with zero attached hydrogens (tertiary/aromatic N) is 12. The van der Waals surface area contributed by atoms with Crippen molar-refractivity contribution in [1.29, 1.82) is 0 Å². The van der Waals surface area contributed by atoms with Crippen LogP contribution < -0.4 is 31.9 Å². The van der Waals surface area contributed by atoms with E-state index in [9.17, 15) is 28.8 Å². The third-order valence-electron chi connectivity index (χ3n) is 15.3. The molecule has 24 nitrogen and oxygen atoms in total. The van der Waals surface area contributed by atoms with E-state index >= 15 is 0 Å². The molecule has 12 rings (SSSR count). The molecule has 6 saturated heterocycles. The van der Waals surface area contributed by atoms with Crippen molar-refractivity contribution in [2.75, 3.05) is 157 Å². The smallest absolute Gasteiger partial charge is 0.254 e. The molecule has 6 aliphatic rings. The van der Waals surface area contributed by atoms with Gasteiger partial charge < -0.3 is 61.3 Å². The molecule has 6 N–H and O–H groups in total. The average Bonchev–Trinajstić information content (AvgIpc) is 3.78. The summed E-state index contributed by atoms with van der Waals surface area (Å²) in [5.74, 6) is -0.0100. The standard InChI is InChI=1S/3C20H24N6O2.Os/c3*27-19(25-9-5-21-6-10-25)15-1-3-23-17(13-15)18-14-16(2-4-24-18)20(28)26-11-7-22-8-12-26;/h3*1-4,13-14,21-22H,5-12H2;. The van der Waals surface area contributed by atoms with Gasteiger partial charge in [0.1, 0.15) is 0 Å². The van der Waals surface area contributed by atoms with E-state index in [1.165, 1.54) is 0 Å². The normalized spacial score (nSPS) is 17.2. The summed E-state index contributed by atoms with van der Waals surface area (Å²) < 4.78 is 0. The van der Waals surface area contributed by atoms with Crippen LogP contribution in [0.2, 0.25) is 0 Å². The fraction of sp³-hybridized carbons (Fsp3) is 0.400. The Balaban J connectivity index is 0.000000152. The maximum Gasteiger partial charge on any atom is 0.254 e. The summed E-state index contributed by atoms with van der Waals surface area (Å²) in [6.07, 6.45) is 9.73. The van der Waals surface area contributed by atoms with Crippen LogP contribution in [0.3, 0.4) is 0 Å². The van der Waals surface area contributed by atoms with Crippen molar-refractivity contribution >= 4 is 35.4 Å². The number of nitrogens with one attached hydrogen (secondary N) is 6. The molecule has 0 saturated carbocycles.